The predicted octanol–water partition coefficient (Wildman–Crippen LogP) is 3.86. The fraction of sp³-hybridized carbons (Fsp3) is 0.381. The molecule has 5 rings (SSSR count). The van der Waals surface area contributed by atoms with E-state index in [1.165, 1.54) is 25.6 Å². The molecule has 1 fully saturated rings. The number of ether oxygens (including phenoxy) is 1. The Morgan fingerprint density at radius 3 is 2.79 bits per heavy atom. The number of aromatic amines is 1. The minimum absolute atomic E-state index is 0.0113. The van der Waals surface area contributed by atoms with Crippen LogP contribution in [0.25, 0.3) is 27.8 Å². The third-order valence-corrected chi connectivity index (χ3v) is 5.87. The van der Waals surface area contributed by atoms with Crippen LogP contribution in [0.15, 0.2) is 35.5 Å². The summed E-state index contributed by atoms with van der Waals surface area (Å²) in [6.07, 6.45) is 9.26. The van der Waals surface area contributed by atoms with Crippen LogP contribution in [-0.4, -0.2) is 31.3 Å². The van der Waals surface area contributed by atoms with E-state index in [0.29, 0.717) is 17.4 Å². The molecule has 3 aromatic heterocycles. The van der Waals surface area contributed by atoms with Gasteiger partial charge in [0.2, 0.25) is 0 Å². The van der Waals surface area contributed by atoms with E-state index in [0.717, 1.165) is 40.6 Å². The van der Waals surface area contributed by atoms with Gasteiger partial charge in [-0.05, 0) is 49.1 Å². The minimum Gasteiger partial charge on any atom is -0.493 e. The van der Waals surface area contributed by atoms with Crippen molar-refractivity contribution in [1.82, 2.24) is 24.1 Å². The molecular weight excluding hydrogens is 354 g/mol. The van der Waals surface area contributed by atoms with Gasteiger partial charge in [-0.15, -0.1) is 0 Å². The lowest BCUT2D eigenvalue weighted by molar-refractivity contribution is 0.353. The quantitative estimate of drug-likeness (QED) is 0.588. The Balaban J connectivity index is 1.67. The SMILES string of the molecule is COc1cc(-c2cc3[nH]c(=O)n(C4CCCCC4)c3cc2C)cn2ncnc12. The lowest BCUT2D eigenvalue weighted by atomic mass is 9.95. The summed E-state index contributed by atoms with van der Waals surface area (Å²) in [6.45, 7) is 2.08. The molecule has 1 aliphatic carbocycles. The number of hydrogen-bond acceptors (Lipinski definition) is 4. The highest BCUT2D eigenvalue weighted by Crippen LogP contribution is 2.34. The van der Waals surface area contributed by atoms with Crippen LogP contribution in [0.4, 0.5) is 0 Å². The van der Waals surface area contributed by atoms with Crippen molar-refractivity contribution < 1.29 is 4.74 Å². The average Bonchev–Trinajstić information content (AvgIpc) is 3.30. The molecule has 0 saturated heterocycles. The number of benzene rings is 1. The summed E-state index contributed by atoms with van der Waals surface area (Å²) in [5.74, 6) is 0.669. The maximum atomic E-state index is 12.7. The van der Waals surface area contributed by atoms with Crippen molar-refractivity contribution in [3.63, 3.8) is 0 Å². The molecule has 0 amide bonds. The van der Waals surface area contributed by atoms with Gasteiger partial charge in [0.1, 0.15) is 6.33 Å². The van der Waals surface area contributed by atoms with Gasteiger partial charge in [-0.25, -0.2) is 14.3 Å². The Morgan fingerprint density at radius 2 is 2.00 bits per heavy atom. The maximum absolute atomic E-state index is 12.7. The van der Waals surface area contributed by atoms with Crippen molar-refractivity contribution in [2.45, 2.75) is 45.1 Å². The van der Waals surface area contributed by atoms with E-state index in [2.05, 4.69) is 34.1 Å². The number of aromatic nitrogens is 5. The number of pyridine rings is 1. The van der Waals surface area contributed by atoms with Gasteiger partial charge in [-0.3, -0.25) is 4.57 Å². The molecule has 0 spiro atoms. The number of aryl methyl sites for hydroxylation is 1. The van der Waals surface area contributed by atoms with Crippen molar-refractivity contribution >= 4 is 16.7 Å². The number of H-pyrrole nitrogens is 1. The smallest absolute Gasteiger partial charge is 0.326 e. The second-order valence-corrected chi connectivity index (χ2v) is 7.60. The van der Waals surface area contributed by atoms with Crippen molar-refractivity contribution in [3.8, 4) is 16.9 Å². The molecule has 0 atom stereocenters. The topological polar surface area (TPSA) is 77.2 Å². The monoisotopic (exact) mass is 377 g/mol. The second kappa shape index (κ2) is 6.51. The Bertz CT molecular complexity index is 1230. The summed E-state index contributed by atoms with van der Waals surface area (Å²) in [6, 6.07) is 6.44. The first-order chi connectivity index (χ1) is 13.7. The van der Waals surface area contributed by atoms with E-state index in [9.17, 15) is 4.79 Å². The number of nitrogens with one attached hydrogen (secondary N) is 1. The number of imidazole rings is 1. The van der Waals surface area contributed by atoms with Gasteiger partial charge < -0.3 is 9.72 Å². The summed E-state index contributed by atoms with van der Waals surface area (Å²) < 4.78 is 9.17. The molecule has 28 heavy (non-hydrogen) atoms. The first-order valence-electron chi connectivity index (χ1n) is 9.78. The van der Waals surface area contributed by atoms with E-state index in [1.807, 2.05) is 16.8 Å². The van der Waals surface area contributed by atoms with Gasteiger partial charge in [0.15, 0.2) is 11.4 Å². The second-order valence-electron chi connectivity index (χ2n) is 7.60. The molecular formula is C21H23N5O2. The minimum atomic E-state index is -0.0113. The molecule has 0 bridgehead atoms. The molecule has 7 heteroatoms. The molecule has 1 N–H and O–H groups in total. The van der Waals surface area contributed by atoms with Gasteiger partial charge in [0.05, 0.1) is 18.1 Å². The van der Waals surface area contributed by atoms with Crippen LogP contribution in [0, 0.1) is 6.92 Å². The zero-order valence-electron chi connectivity index (χ0n) is 16.1. The summed E-state index contributed by atoms with van der Waals surface area (Å²) in [5, 5.41) is 4.25. The van der Waals surface area contributed by atoms with Gasteiger partial charge >= 0.3 is 5.69 Å². The molecule has 0 unspecified atom stereocenters. The molecule has 7 nitrogen and oxygen atoms in total. The maximum Gasteiger partial charge on any atom is 0.326 e. The zero-order chi connectivity index (χ0) is 19.3. The Hall–Kier alpha value is -3.09. The van der Waals surface area contributed by atoms with Gasteiger partial charge in [0.25, 0.3) is 0 Å². The van der Waals surface area contributed by atoms with Crippen LogP contribution in [0.5, 0.6) is 5.75 Å². The van der Waals surface area contributed by atoms with Crippen molar-refractivity contribution in [3.05, 3.63) is 46.8 Å². The Morgan fingerprint density at radius 1 is 1.18 bits per heavy atom. The highest BCUT2D eigenvalue weighted by atomic mass is 16.5. The van der Waals surface area contributed by atoms with E-state index in [-0.39, 0.29) is 5.69 Å². The van der Waals surface area contributed by atoms with Gasteiger partial charge in [-0.1, -0.05) is 19.3 Å². The van der Waals surface area contributed by atoms with Crippen LogP contribution in [0.2, 0.25) is 0 Å². The normalized spacial score (nSPS) is 15.5. The fourth-order valence-corrected chi connectivity index (χ4v) is 4.48. The van der Waals surface area contributed by atoms with E-state index >= 15 is 0 Å². The summed E-state index contributed by atoms with van der Waals surface area (Å²) in [4.78, 5) is 20.0. The number of rotatable bonds is 3. The average molecular weight is 377 g/mol. The molecule has 4 aromatic rings. The lowest BCUT2D eigenvalue weighted by Gasteiger charge is -2.23. The number of nitrogens with zero attached hydrogens (tertiary/aromatic N) is 4. The van der Waals surface area contributed by atoms with Crippen molar-refractivity contribution in [2.24, 2.45) is 0 Å². The van der Waals surface area contributed by atoms with Crippen LogP contribution >= 0.6 is 0 Å². The first-order valence-corrected chi connectivity index (χ1v) is 9.78. The van der Waals surface area contributed by atoms with Crippen LogP contribution in [-0.2, 0) is 0 Å². The first kappa shape index (κ1) is 17.0. The van der Waals surface area contributed by atoms with Crippen LogP contribution in [0.3, 0.4) is 0 Å². The highest BCUT2D eigenvalue weighted by molar-refractivity contribution is 5.85. The lowest BCUT2D eigenvalue weighted by Crippen LogP contribution is -2.23. The standard InChI is InChI=1S/C21H23N5O2/c1-13-8-18-17(24-21(27)26(18)15-6-4-3-5-7-15)10-16(13)14-9-19(28-2)20-22-12-23-25(20)11-14/h8-12,15H,3-7H2,1-2H3,(H,24,27). The molecule has 1 saturated carbocycles. The molecule has 0 radical (unpaired) electrons. The summed E-state index contributed by atoms with van der Waals surface area (Å²) >= 11 is 0. The molecule has 144 valence electrons. The molecule has 0 aliphatic heterocycles. The highest BCUT2D eigenvalue weighted by Gasteiger charge is 2.21. The van der Waals surface area contributed by atoms with Gasteiger partial charge in [0, 0.05) is 17.8 Å². The van der Waals surface area contributed by atoms with E-state index in [1.54, 1.807) is 11.6 Å². The van der Waals surface area contributed by atoms with Crippen molar-refractivity contribution in [2.75, 3.05) is 7.11 Å². The van der Waals surface area contributed by atoms with E-state index in [4.69, 9.17) is 4.74 Å². The number of fused-ring (bicyclic) bond motifs is 2. The van der Waals surface area contributed by atoms with Crippen LogP contribution in [0.1, 0.15) is 43.7 Å². The number of hydrogen-bond donors (Lipinski definition) is 1. The van der Waals surface area contributed by atoms with Crippen molar-refractivity contribution in [1.29, 1.82) is 0 Å². The number of methoxy groups -OCH3 is 1. The third-order valence-electron chi connectivity index (χ3n) is 5.87. The molecule has 1 aromatic carbocycles. The fourth-order valence-electron chi connectivity index (χ4n) is 4.48. The Kier molecular flexibility index (Phi) is 3.96. The predicted molar refractivity (Wildman–Crippen MR) is 108 cm³/mol. The Labute approximate surface area is 162 Å². The molecule has 1 aliphatic rings. The molecule has 3 heterocycles. The van der Waals surface area contributed by atoms with Crippen LogP contribution < -0.4 is 10.4 Å². The van der Waals surface area contributed by atoms with Gasteiger partial charge in [-0.2, -0.15) is 5.10 Å². The largest absolute Gasteiger partial charge is 0.493 e. The third kappa shape index (κ3) is 2.61. The van der Waals surface area contributed by atoms with E-state index < -0.39 is 0 Å². The summed E-state index contributed by atoms with van der Waals surface area (Å²) in [5.41, 5.74) is 5.66. The summed E-state index contributed by atoms with van der Waals surface area (Å²) in [7, 11) is 1.63. The zero-order valence-corrected chi connectivity index (χ0v) is 16.1.